The highest BCUT2D eigenvalue weighted by atomic mass is 32.1. The highest BCUT2D eigenvalue weighted by Gasteiger charge is 2.36. The SMILES string of the molecule is COCOCc1cc(F)c(C(F)(F)F)s1. The van der Waals surface area contributed by atoms with Gasteiger partial charge < -0.3 is 9.47 Å². The van der Waals surface area contributed by atoms with Gasteiger partial charge >= 0.3 is 6.18 Å². The molecule has 0 unspecified atom stereocenters. The summed E-state index contributed by atoms with van der Waals surface area (Å²) in [4.78, 5) is -1.05. The Morgan fingerprint density at radius 2 is 2.07 bits per heavy atom. The van der Waals surface area contributed by atoms with Gasteiger partial charge in [-0.2, -0.15) is 13.2 Å². The van der Waals surface area contributed by atoms with Gasteiger partial charge in [-0.25, -0.2) is 4.39 Å². The first kappa shape index (κ1) is 12.4. The lowest BCUT2D eigenvalue weighted by molar-refractivity contribution is -0.136. The molecule has 1 aromatic heterocycles. The molecule has 1 heterocycles. The Hall–Kier alpha value is -0.660. The van der Waals surface area contributed by atoms with Crippen LogP contribution in [-0.2, 0) is 22.3 Å². The molecule has 0 N–H and O–H groups in total. The van der Waals surface area contributed by atoms with Gasteiger partial charge in [0.05, 0.1) is 6.61 Å². The van der Waals surface area contributed by atoms with Crippen molar-refractivity contribution >= 4 is 11.3 Å². The van der Waals surface area contributed by atoms with Crippen molar-refractivity contribution in [1.29, 1.82) is 0 Å². The second kappa shape index (κ2) is 4.91. The van der Waals surface area contributed by atoms with Crippen LogP contribution >= 0.6 is 11.3 Å². The molecule has 0 aliphatic heterocycles. The highest BCUT2D eigenvalue weighted by molar-refractivity contribution is 7.12. The van der Waals surface area contributed by atoms with Gasteiger partial charge in [-0.3, -0.25) is 0 Å². The Balaban J connectivity index is 2.69. The Morgan fingerprint density at radius 1 is 1.40 bits per heavy atom. The smallest absolute Gasteiger partial charge is 0.359 e. The van der Waals surface area contributed by atoms with E-state index in [-0.39, 0.29) is 18.3 Å². The molecule has 0 aliphatic carbocycles. The van der Waals surface area contributed by atoms with Crippen LogP contribution in [0.25, 0.3) is 0 Å². The zero-order valence-electron chi connectivity index (χ0n) is 7.73. The summed E-state index contributed by atoms with van der Waals surface area (Å²) in [7, 11) is 1.39. The maximum atomic E-state index is 12.8. The summed E-state index contributed by atoms with van der Waals surface area (Å²) in [5, 5.41) is 0. The summed E-state index contributed by atoms with van der Waals surface area (Å²) >= 11 is 0.336. The van der Waals surface area contributed by atoms with Gasteiger partial charge in [0.15, 0.2) is 0 Å². The summed E-state index contributed by atoms with van der Waals surface area (Å²) in [6.45, 7) is -0.133. The van der Waals surface area contributed by atoms with Gasteiger partial charge in [-0.05, 0) is 6.07 Å². The maximum Gasteiger partial charge on any atom is 0.428 e. The van der Waals surface area contributed by atoms with Crippen molar-refractivity contribution in [1.82, 2.24) is 0 Å². The summed E-state index contributed by atoms with van der Waals surface area (Å²) in [5.41, 5.74) is 0. The zero-order chi connectivity index (χ0) is 11.5. The van der Waals surface area contributed by atoms with E-state index in [9.17, 15) is 17.6 Å². The highest BCUT2D eigenvalue weighted by Crippen LogP contribution is 2.37. The van der Waals surface area contributed by atoms with Crippen molar-refractivity contribution in [2.24, 2.45) is 0 Å². The van der Waals surface area contributed by atoms with Crippen LogP contribution < -0.4 is 0 Å². The number of rotatable bonds is 4. The van der Waals surface area contributed by atoms with Crippen LogP contribution in [-0.4, -0.2) is 13.9 Å². The predicted molar refractivity (Wildman–Crippen MR) is 45.9 cm³/mol. The number of hydrogen-bond acceptors (Lipinski definition) is 3. The van der Waals surface area contributed by atoms with Crippen LogP contribution in [0.15, 0.2) is 6.07 Å². The molecule has 0 saturated heterocycles. The molecule has 1 rings (SSSR count). The van der Waals surface area contributed by atoms with Crippen molar-refractivity contribution in [2.75, 3.05) is 13.9 Å². The number of methoxy groups -OCH3 is 1. The van der Waals surface area contributed by atoms with E-state index >= 15 is 0 Å². The van der Waals surface area contributed by atoms with E-state index in [0.717, 1.165) is 6.07 Å². The van der Waals surface area contributed by atoms with Gasteiger partial charge in [0.2, 0.25) is 0 Å². The molecule has 0 bridgehead atoms. The van der Waals surface area contributed by atoms with Crippen molar-refractivity contribution in [2.45, 2.75) is 12.8 Å². The minimum absolute atomic E-state index is 0.0408. The average Bonchev–Trinajstić information content (AvgIpc) is 2.47. The number of alkyl halides is 3. The zero-order valence-corrected chi connectivity index (χ0v) is 8.54. The van der Waals surface area contributed by atoms with Crippen LogP contribution in [0, 0.1) is 5.82 Å². The lowest BCUT2D eigenvalue weighted by Gasteiger charge is -2.02. The van der Waals surface area contributed by atoms with Crippen molar-refractivity contribution in [3.8, 4) is 0 Å². The average molecular weight is 244 g/mol. The molecule has 0 radical (unpaired) electrons. The molecule has 2 nitrogen and oxygen atoms in total. The molecule has 7 heteroatoms. The first-order valence-corrected chi connectivity index (χ1v) is 4.69. The summed E-state index contributed by atoms with van der Waals surface area (Å²) < 4.78 is 58.6. The predicted octanol–water partition coefficient (Wildman–Crippen LogP) is 3.03. The Morgan fingerprint density at radius 3 is 2.53 bits per heavy atom. The number of hydrogen-bond donors (Lipinski definition) is 0. The minimum Gasteiger partial charge on any atom is -0.359 e. The first-order chi connectivity index (χ1) is 6.95. The summed E-state index contributed by atoms with van der Waals surface area (Å²) in [5.74, 6) is -1.26. The van der Waals surface area contributed by atoms with Crippen LogP contribution in [0.3, 0.4) is 0 Å². The van der Waals surface area contributed by atoms with Crippen molar-refractivity contribution < 1.29 is 27.0 Å². The second-order valence-corrected chi connectivity index (χ2v) is 3.78. The number of thiophene rings is 1. The molecule has 0 aromatic carbocycles. The van der Waals surface area contributed by atoms with E-state index in [2.05, 4.69) is 4.74 Å². The van der Waals surface area contributed by atoms with Crippen LogP contribution in [0.4, 0.5) is 17.6 Å². The third-order valence-electron chi connectivity index (χ3n) is 1.44. The van der Waals surface area contributed by atoms with Gasteiger partial charge in [-0.15, -0.1) is 11.3 Å². The third-order valence-corrected chi connectivity index (χ3v) is 2.57. The molecule has 1 aromatic rings. The Labute approximate surface area is 87.4 Å². The molecule has 0 atom stereocenters. The summed E-state index contributed by atoms with van der Waals surface area (Å²) in [6.07, 6.45) is -4.64. The van der Waals surface area contributed by atoms with Gasteiger partial charge in [0, 0.05) is 12.0 Å². The Bertz CT molecular complexity index is 321. The normalized spacial score (nSPS) is 12.1. The fourth-order valence-corrected chi connectivity index (χ4v) is 1.75. The molecular formula is C8H8F4O2S. The molecule has 15 heavy (non-hydrogen) atoms. The molecule has 0 aliphatic rings. The monoisotopic (exact) mass is 244 g/mol. The molecule has 86 valence electrons. The molecule has 0 amide bonds. The third kappa shape index (κ3) is 3.44. The Kier molecular flexibility index (Phi) is 4.06. The number of ether oxygens (including phenoxy) is 2. The van der Waals surface area contributed by atoms with Crippen molar-refractivity contribution in [3.05, 3.63) is 21.6 Å². The van der Waals surface area contributed by atoms with E-state index in [1.165, 1.54) is 7.11 Å². The fraction of sp³-hybridized carbons (Fsp3) is 0.500. The van der Waals surface area contributed by atoms with E-state index < -0.39 is 16.9 Å². The molecular weight excluding hydrogens is 236 g/mol. The quantitative estimate of drug-likeness (QED) is 0.460. The maximum absolute atomic E-state index is 12.8. The van der Waals surface area contributed by atoms with Crippen LogP contribution in [0.1, 0.15) is 9.75 Å². The lowest BCUT2D eigenvalue weighted by atomic mass is 10.4. The minimum atomic E-state index is -4.64. The van der Waals surface area contributed by atoms with E-state index in [1.54, 1.807) is 0 Å². The molecule has 0 saturated carbocycles. The summed E-state index contributed by atoms with van der Waals surface area (Å²) in [6, 6.07) is 0.823. The van der Waals surface area contributed by atoms with Gasteiger partial charge in [-0.1, -0.05) is 0 Å². The molecule has 0 spiro atoms. The van der Waals surface area contributed by atoms with Crippen LogP contribution in [0.5, 0.6) is 0 Å². The standard InChI is InChI=1S/C8H8F4O2S/c1-13-4-14-3-5-2-6(9)7(15-5)8(10,11)12/h2H,3-4H2,1H3. The van der Waals surface area contributed by atoms with Gasteiger partial charge in [0.1, 0.15) is 17.5 Å². The van der Waals surface area contributed by atoms with Crippen molar-refractivity contribution in [3.63, 3.8) is 0 Å². The van der Waals surface area contributed by atoms with E-state index in [1.807, 2.05) is 0 Å². The van der Waals surface area contributed by atoms with E-state index in [4.69, 9.17) is 4.74 Å². The first-order valence-electron chi connectivity index (χ1n) is 3.87. The topological polar surface area (TPSA) is 18.5 Å². The van der Waals surface area contributed by atoms with E-state index in [0.29, 0.717) is 11.3 Å². The van der Waals surface area contributed by atoms with Crippen LogP contribution in [0.2, 0.25) is 0 Å². The molecule has 0 fully saturated rings. The van der Waals surface area contributed by atoms with Gasteiger partial charge in [0.25, 0.3) is 0 Å². The fourth-order valence-electron chi connectivity index (χ4n) is 0.906. The largest absolute Gasteiger partial charge is 0.428 e. The second-order valence-electron chi connectivity index (χ2n) is 2.64. The number of halogens is 4. The lowest BCUT2D eigenvalue weighted by Crippen LogP contribution is -2.03.